The van der Waals surface area contributed by atoms with Gasteiger partial charge in [-0.05, 0) is 81.9 Å². The molecule has 4 heteroatoms. The van der Waals surface area contributed by atoms with Gasteiger partial charge in [-0.2, -0.15) is 5.26 Å². The number of aryl methyl sites for hydroxylation is 1. The van der Waals surface area contributed by atoms with E-state index >= 15 is 0 Å². The number of nitrogens with zero attached hydrogens (tertiary/aromatic N) is 2. The summed E-state index contributed by atoms with van der Waals surface area (Å²) in [5, 5.41) is 7.55. The molecule has 180 valence electrons. The summed E-state index contributed by atoms with van der Waals surface area (Å²) in [6.45, 7) is 9.56. The zero-order valence-electron chi connectivity index (χ0n) is 20.7. The van der Waals surface area contributed by atoms with E-state index in [2.05, 4.69) is 80.3 Å². The van der Waals surface area contributed by atoms with Crippen LogP contribution in [-0.4, -0.2) is 34.3 Å². The Labute approximate surface area is 211 Å². The molecule has 2 aromatic carbocycles. The van der Waals surface area contributed by atoms with Crippen molar-refractivity contribution in [3.8, 4) is 6.07 Å². The van der Waals surface area contributed by atoms with E-state index in [0.29, 0.717) is 18.0 Å². The molecule has 1 fully saturated rings. The van der Waals surface area contributed by atoms with E-state index in [9.17, 15) is 0 Å². The molecule has 0 heterocycles. The molecule has 0 aliphatic heterocycles. The number of nitriles is 1. The molecule has 0 radical (unpaired) electrons. The first kappa shape index (κ1) is 27.7. The van der Waals surface area contributed by atoms with Crippen molar-refractivity contribution >= 4 is 23.2 Å². The van der Waals surface area contributed by atoms with Crippen molar-refractivity contribution in [1.29, 1.82) is 5.26 Å². The Morgan fingerprint density at radius 2 is 1.52 bits per heavy atom. The quantitative estimate of drug-likeness (QED) is 0.335. The first-order chi connectivity index (χ1) is 15.8. The van der Waals surface area contributed by atoms with Gasteiger partial charge in [0, 0.05) is 30.9 Å². The normalized spacial score (nSPS) is 21.2. The van der Waals surface area contributed by atoms with Crippen molar-refractivity contribution < 1.29 is 0 Å². The van der Waals surface area contributed by atoms with Crippen LogP contribution in [0.5, 0.6) is 0 Å². The molecule has 0 bridgehead atoms. The third kappa shape index (κ3) is 9.32. The van der Waals surface area contributed by atoms with Crippen LogP contribution in [-0.2, 0) is 12.8 Å². The monoisotopic (exact) mass is 486 g/mol. The average molecular weight is 488 g/mol. The van der Waals surface area contributed by atoms with Gasteiger partial charge in [0.15, 0.2) is 0 Å². The minimum absolute atomic E-state index is 0.101. The first-order valence-electron chi connectivity index (χ1n) is 12.3. The zero-order valence-corrected chi connectivity index (χ0v) is 22.2. The molecular formula is C29H40Cl2N2. The van der Waals surface area contributed by atoms with Gasteiger partial charge in [-0.3, -0.25) is 4.90 Å². The van der Waals surface area contributed by atoms with Gasteiger partial charge in [0.25, 0.3) is 0 Å². The van der Waals surface area contributed by atoms with Crippen molar-refractivity contribution in [1.82, 2.24) is 4.90 Å². The maximum absolute atomic E-state index is 7.32. The fourth-order valence-electron chi connectivity index (χ4n) is 4.77. The molecule has 0 amide bonds. The number of alkyl halides is 2. The first-order valence-corrected chi connectivity index (χ1v) is 13.2. The Morgan fingerprint density at radius 3 is 2.09 bits per heavy atom. The SMILES string of the molecule is CC#N.CC(C)N(CCc1ccccc1)C(C)CCc1ccc(C2CCC(Cl)C(Cl)C2)cc1. The molecule has 1 aliphatic rings. The molecule has 0 N–H and O–H groups in total. The van der Waals surface area contributed by atoms with Crippen LogP contribution in [0.3, 0.4) is 0 Å². The van der Waals surface area contributed by atoms with E-state index in [1.54, 1.807) is 6.07 Å². The smallest absolute Gasteiger partial charge is 0.0587 e. The molecule has 1 saturated carbocycles. The molecule has 3 rings (SSSR count). The van der Waals surface area contributed by atoms with Crippen LogP contribution in [0.4, 0.5) is 0 Å². The fraction of sp³-hybridized carbons (Fsp3) is 0.552. The van der Waals surface area contributed by atoms with Crippen molar-refractivity contribution in [2.45, 2.75) is 95.0 Å². The maximum atomic E-state index is 7.32. The van der Waals surface area contributed by atoms with E-state index in [0.717, 1.165) is 38.6 Å². The minimum atomic E-state index is 0.101. The van der Waals surface area contributed by atoms with Gasteiger partial charge in [-0.25, -0.2) is 0 Å². The molecule has 2 nitrogen and oxygen atoms in total. The third-order valence-corrected chi connectivity index (χ3v) is 7.86. The molecule has 1 aliphatic carbocycles. The number of rotatable bonds is 9. The summed E-state index contributed by atoms with van der Waals surface area (Å²) in [5.74, 6) is 0.560. The van der Waals surface area contributed by atoms with Crippen LogP contribution < -0.4 is 0 Å². The second-order valence-electron chi connectivity index (χ2n) is 9.46. The number of halogens is 2. The van der Waals surface area contributed by atoms with Crippen LogP contribution in [0.25, 0.3) is 0 Å². The number of hydrogen-bond donors (Lipinski definition) is 0. The van der Waals surface area contributed by atoms with Gasteiger partial charge < -0.3 is 0 Å². The van der Waals surface area contributed by atoms with Gasteiger partial charge in [-0.15, -0.1) is 23.2 Å². The van der Waals surface area contributed by atoms with Gasteiger partial charge in [-0.1, -0.05) is 54.6 Å². The van der Waals surface area contributed by atoms with E-state index in [-0.39, 0.29) is 10.8 Å². The molecule has 0 spiro atoms. The fourth-order valence-corrected chi connectivity index (χ4v) is 5.34. The van der Waals surface area contributed by atoms with Gasteiger partial charge in [0.2, 0.25) is 0 Å². The second-order valence-corrected chi connectivity index (χ2v) is 10.6. The number of benzene rings is 2. The molecule has 2 aromatic rings. The highest BCUT2D eigenvalue weighted by molar-refractivity contribution is 6.30. The summed E-state index contributed by atoms with van der Waals surface area (Å²) < 4.78 is 0. The number of hydrogen-bond acceptors (Lipinski definition) is 2. The highest BCUT2D eigenvalue weighted by Crippen LogP contribution is 2.37. The largest absolute Gasteiger partial charge is 0.298 e. The highest BCUT2D eigenvalue weighted by atomic mass is 35.5. The Balaban J connectivity index is 0.00000122. The van der Waals surface area contributed by atoms with Crippen LogP contribution >= 0.6 is 23.2 Å². The summed E-state index contributed by atoms with van der Waals surface area (Å²) >= 11 is 12.7. The highest BCUT2D eigenvalue weighted by Gasteiger charge is 2.28. The van der Waals surface area contributed by atoms with Crippen LogP contribution in [0, 0.1) is 11.3 Å². The summed E-state index contributed by atoms with van der Waals surface area (Å²) in [5.41, 5.74) is 4.28. The van der Waals surface area contributed by atoms with E-state index in [1.807, 2.05) is 0 Å². The van der Waals surface area contributed by atoms with E-state index in [4.69, 9.17) is 28.5 Å². The molecule has 0 aromatic heterocycles. The van der Waals surface area contributed by atoms with Crippen molar-refractivity contribution in [2.24, 2.45) is 0 Å². The van der Waals surface area contributed by atoms with Crippen molar-refractivity contribution in [3.63, 3.8) is 0 Å². The molecule has 0 saturated heterocycles. The predicted octanol–water partition coefficient (Wildman–Crippen LogP) is 7.97. The lowest BCUT2D eigenvalue weighted by Crippen LogP contribution is -2.40. The summed E-state index contributed by atoms with van der Waals surface area (Å²) in [6, 6.07) is 23.0. The van der Waals surface area contributed by atoms with Gasteiger partial charge in [0.05, 0.1) is 11.4 Å². The lowest BCUT2D eigenvalue weighted by Gasteiger charge is -2.33. The van der Waals surface area contributed by atoms with E-state index in [1.165, 1.54) is 30.0 Å². The standard InChI is InChI=1S/C27H37Cl2N.C2H3N/c1-20(2)30(18-17-22-7-5-4-6-8-22)21(3)9-10-23-11-13-24(14-12-23)25-15-16-26(28)27(29)19-25;1-2-3/h4-8,11-14,20-21,25-27H,9-10,15-19H2,1-3H3;1H3. The Kier molecular flexibility index (Phi) is 12.3. The van der Waals surface area contributed by atoms with Gasteiger partial charge >= 0.3 is 0 Å². The van der Waals surface area contributed by atoms with Crippen molar-refractivity contribution in [3.05, 3.63) is 71.3 Å². The van der Waals surface area contributed by atoms with Crippen molar-refractivity contribution in [2.75, 3.05) is 6.54 Å². The summed E-state index contributed by atoms with van der Waals surface area (Å²) in [7, 11) is 0. The molecule has 33 heavy (non-hydrogen) atoms. The Morgan fingerprint density at radius 1 is 0.909 bits per heavy atom. The zero-order chi connectivity index (χ0) is 24.2. The molecular weight excluding hydrogens is 447 g/mol. The average Bonchev–Trinajstić information content (AvgIpc) is 2.81. The molecule has 4 unspecified atom stereocenters. The van der Waals surface area contributed by atoms with Crippen LogP contribution in [0.1, 0.15) is 76.0 Å². The summed E-state index contributed by atoms with van der Waals surface area (Å²) in [6.07, 6.45) is 6.60. The Hall–Kier alpha value is -1.53. The minimum Gasteiger partial charge on any atom is -0.298 e. The van der Waals surface area contributed by atoms with Crippen LogP contribution in [0.15, 0.2) is 54.6 Å². The predicted molar refractivity (Wildman–Crippen MR) is 143 cm³/mol. The lowest BCUT2D eigenvalue weighted by atomic mass is 9.83. The van der Waals surface area contributed by atoms with Crippen LogP contribution in [0.2, 0.25) is 0 Å². The summed E-state index contributed by atoms with van der Waals surface area (Å²) in [4.78, 5) is 2.65. The third-order valence-electron chi connectivity index (χ3n) is 6.73. The Bertz CT molecular complexity index is 829. The van der Waals surface area contributed by atoms with Gasteiger partial charge in [0.1, 0.15) is 0 Å². The second kappa shape index (κ2) is 14.7. The lowest BCUT2D eigenvalue weighted by molar-refractivity contribution is 0.158. The van der Waals surface area contributed by atoms with E-state index < -0.39 is 0 Å². The molecule has 4 atom stereocenters. The maximum Gasteiger partial charge on any atom is 0.0587 e. The topological polar surface area (TPSA) is 27.0 Å².